The molecule has 0 atom stereocenters. The topological polar surface area (TPSA) is 30.7 Å². The van der Waals surface area contributed by atoms with Crippen molar-refractivity contribution in [2.24, 2.45) is 0 Å². The van der Waals surface area contributed by atoms with Crippen molar-refractivity contribution in [2.45, 2.75) is 32.1 Å². The molecule has 0 saturated heterocycles. The lowest BCUT2D eigenvalue weighted by Crippen LogP contribution is -2.18. The minimum absolute atomic E-state index is 0.214. The van der Waals surface area contributed by atoms with Gasteiger partial charge in [0, 0.05) is 38.6 Å². The maximum absolute atomic E-state index is 5.23. The van der Waals surface area contributed by atoms with Crippen molar-refractivity contribution in [3.63, 3.8) is 0 Å². The largest absolute Gasteiger partial charge is 0.309 e. The van der Waals surface area contributed by atoms with E-state index in [1.54, 1.807) is 0 Å². The number of nitrogens with zero attached hydrogens (tertiary/aromatic N) is 3. The number of benzene rings is 8. The molecule has 3 nitrogen and oxygen atoms in total. The number of rotatable bonds is 4. The van der Waals surface area contributed by atoms with Gasteiger partial charge in [0.1, 0.15) is 0 Å². The molecule has 12 rings (SSSR count). The molecule has 2 heterocycles. The summed E-state index contributed by atoms with van der Waals surface area (Å²) in [4.78, 5) is 10.3. The van der Waals surface area contributed by atoms with Gasteiger partial charge in [0.05, 0.1) is 22.4 Å². The predicted octanol–water partition coefficient (Wildman–Crippen LogP) is 13.5. The van der Waals surface area contributed by atoms with Crippen LogP contribution in [0.25, 0.3) is 83.3 Å². The van der Waals surface area contributed by atoms with E-state index in [0.29, 0.717) is 0 Å². The Hall–Kier alpha value is -7.10. The summed E-state index contributed by atoms with van der Waals surface area (Å²) >= 11 is 0. The highest BCUT2D eigenvalue weighted by Gasteiger charge is 2.42. The molecule has 0 fully saturated rings. The second-order valence-corrected chi connectivity index (χ2v) is 16.5. The first kappa shape index (κ1) is 33.1. The molecule has 10 aromatic rings. The lowest BCUT2D eigenvalue weighted by atomic mass is 9.76. The van der Waals surface area contributed by atoms with E-state index in [9.17, 15) is 0 Å². The summed E-state index contributed by atoms with van der Waals surface area (Å²) in [6, 6.07) is 63.8. The Labute approximate surface area is 337 Å². The van der Waals surface area contributed by atoms with Crippen molar-refractivity contribution in [1.29, 1.82) is 0 Å². The summed E-state index contributed by atoms with van der Waals surface area (Å²) in [7, 11) is 0. The van der Waals surface area contributed by atoms with Gasteiger partial charge in [0.15, 0.2) is 5.82 Å². The average Bonchev–Trinajstić information content (AvgIpc) is 3.74. The van der Waals surface area contributed by atoms with Crippen LogP contribution in [0.5, 0.6) is 0 Å². The number of fused-ring (bicyclic) bond motifs is 12. The molecule has 2 aliphatic rings. The van der Waals surface area contributed by atoms with Crippen LogP contribution < -0.4 is 0 Å². The Balaban J connectivity index is 1.14. The fourth-order valence-electron chi connectivity index (χ4n) is 10.2. The molecule has 2 aliphatic carbocycles. The zero-order valence-corrected chi connectivity index (χ0v) is 32.5. The molecule has 58 heavy (non-hydrogen) atoms. The Morgan fingerprint density at radius 1 is 0.517 bits per heavy atom. The third-order valence-electron chi connectivity index (χ3n) is 12.9. The van der Waals surface area contributed by atoms with Crippen LogP contribution in [0.3, 0.4) is 0 Å². The van der Waals surface area contributed by atoms with Crippen molar-refractivity contribution in [2.75, 3.05) is 0 Å². The third-order valence-corrected chi connectivity index (χ3v) is 12.9. The van der Waals surface area contributed by atoms with E-state index in [0.717, 1.165) is 52.4 Å². The molecular weight excluding hydrogens is 703 g/mol. The summed E-state index contributed by atoms with van der Waals surface area (Å²) in [5.41, 5.74) is 19.8. The van der Waals surface area contributed by atoms with Crippen LogP contribution in [-0.2, 0) is 18.3 Å². The molecule has 0 aliphatic heterocycles. The van der Waals surface area contributed by atoms with Gasteiger partial charge in [0.2, 0.25) is 0 Å². The van der Waals surface area contributed by atoms with Crippen LogP contribution in [0.1, 0.15) is 47.2 Å². The summed E-state index contributed by atoms with van der Waals surface area (Å²) < 4.78 is 2.56. The van der Waals surface area contributed by atoms with E-state index in [2.05, 4.69) is 170 Å². The predicted molar refractivity (Wildman–Crippen MR) is 240 cm³/mol. The molecule has 274 valence electrons. The van der Waals surface area contributed by atoms with Crippen molar-refractivity contribution in [3.8, 4) is 50.7 Å². The van der Waals surface area contributed by atoms with Crippen LogP contribution >= 0.6 is 0 Å². The zero-order valence-electron chi connectivity index (χ0n) is 32.5. The third kappa shape index (κ3) is 4.86. The van der Waals surface area contributed by atoms with E-state index in [1.807, 2.05) is 24.3 Å². The van der Waals surface area contributed by atoms with E-state index < -0.39 is 0 Å². The maximum Gasteiger partial charge on any atom is 0.160 e. The van der Waals surface area contributed by atoms with E-state index >= 15 is 0 Å². The minimum atomic E-state index is -0.214. The van der Waals surface area contributed by atoms with Gasteiger partial charge < -0.3 is 4.57 Å². The maximum atomic E-state index is 5.23. The summed E-state index contributed by atoms with van der Waals surface area (Å²) in [6.45, 7) is 4.87. The van der Waals surface area contributed by atoms with Gasteiger partial charge in [-0.05, 0) is 92.4 Å². The standard InChI is InChI=1S/C55H39N3/c1-55(2)46-26-13-11-24-42(46)50-44-31-39-28-36-20-9-10-21-37(36)29-40(39)32-45(44)51-43-25-12-14-27-49(43)58(53(51)52(50)55)41-23-15-22-38(30-41)48-33-47(34-16-5-3-6-17-34)56-54(57-48)35-18-7-4-8-19-35/h3-30,33H,31-32H2,1-2H3. The highest BCUT2D eigenvalue weighted by atomic mass is 15.0. The fourth-order valence-corrected chi connectivity index (χ4v) is 10.2. The van der Waals surface area contributed by atoms with Crippen molar-refractivity contribution in [3.05, 3.63) is 209 Å². The molecule has 0 saturated carbocycles. The first-order valence-corrected chi connectivity index (χ1v) is 20.3. The second-order valence-electron chi connectivity index (χ2n) is 16.5. The molecule has 0 bridgehead atoms. The molecule has 0 radical (unpaired) electrons. The van der Waals surface area contributed by atoms with Gasteiger partial charge in [-0.1, -0.05) is 166 Å². The molecular formula is C55H39N3. The lowest BCUT2D eigenvalue weighted by molar-refractivity contribution is 0.663. The number of hydrogen-bond acceptors (Lipinski definition) is 2. The summed E-state index contributed by atoms with van der Waals surface area (Å²) in [6.07, 6.45) is 1.83. The monoisotopic (exact) mass is 741 g/mol. The van der Waals surface area contributed by atoms with Gasteiger partial charge in [-0.3, -0.25) is 0 Å². The highest BCUT2D eigenvalue weighted by molar-refractivity contribution is 6.16. The fraction of sp³-hybridized carbons (Fsp3) is 0.0909. The Morgan fingerprint density at radius 2 is 1.12 bits per heavy atom. The van der Waals surface area contributed by atoms with Gasteiger partial charge in [0.25, 0.3) is 0 Å². The first-order valence-electron chi connectivity index (χ1n) is 20.3. The van der Waals surface area contributed by atoms with Crippen LogP contribution in [0.2, 0.25) is 0 Å². The zero-order chi connectivity index (χ0) is 38.5. The molecule has 8 aromatic carbocycles. The Morgan fingerprint density at radius 3 is 1.88 bits per heavy atom. The normalized spacial score (nSPS) is 13.7. The van der Waals surface area contributed by atoms with Crippen LogP contribution in [0.15, 0.2) is 176 Å². The number of para-hydroxylation sites is 1. The summed E-state index contributed by atoms with van der Waals surface area (Å²) in [5, 5.41) is 5.31. The molecule has 0 amide bonds. The van der Waals surface area contributed by atoms with Gasteiger partial charge >= 0.3 is 0 Å². The Bertz CT molecular complexity index is 3240. The lowest BCUT2D eigenvalue weighted by Gasteiger charge is -2.28. The highest BCUT2D eigenvalue weighted by Crippen LogP contribution is 2.57. The quantitative estimate of drug-likeness (QED) is 0.180. The minimum Gasteiger partial charge on any atom is -0.309 e. The van der Waals surface area contributed by atoms with Crippen LogP contribution in [0, 0.1) is 0 Å². The van der Waals surface area contributed by atoms with E-state index in [-0.39, 0.29) is 5.41 Å². The molecule has 0 N–H and O–H groups in total. The molecule has 2 aromatic heterocycles. The van der Waals surface area contributed by atoms with Gasteiger partial charge in [-0.25, -0.2) is 9.97 Å². The average molecular weight is 742 g/mol. The smallest absolute Gasteiger partial charge is 0.160 e. The number of aromatic nitrogens is 3. The summed E-state index contributed by atoms with van der Waals surface area (Å²) in [5.74, 6) is 0.719. The SMILES string of the molecule is CC1(C)c2ccccc2-c2c3c(c4c5ccccc5n(-c5cccc(-c6cc(-c7ccccc7)nc(-c7ccccc7)n6)c5)c4c21)Cc1cc2ccccc2cc1C3. The molecule has 3 heteroatoms. The van der Waals surface area contributed by atoms with E-state index in [1.165, 1.54) is 77.1 Å². The van der Waals surface area contributed by atoms with Gasteiger partial charge in [-0.15, -0.1) is 0 Å². The number of hydrogen-bond donors (Lipinski definition) is 0. The van der Waals surface area contributed by atoms with Crippen molar-refractivity contribution >= 4 is 32.6 Å². The van der Waals surface area contributed by atoms with E-state index in [4.69, 9.17) is 9.97 Å². The van der Waals surface area contributed by atoms with Crippen LogP contribution in [-0.4, -0.2) is 14.5 Å². The Kier molecular flexibility index (Phi) is 7.10. The van der Waals surface area contributed by atoms with Crippen LogP contribution in [0.4, 0.5) is 0 Å². The first-order chi connectivity index (χ1) is 28.5. The second kappa shape index (κ2) is 12.4. The molecule has 0 unspecified atom stereocenters. The molecule has 0 spiro atoms. The van der Waals surface area contributed by atoms with Gasteiger partial charge in [-0.2, -0.15) is 0 Å². The van der Waals surface area contributed by atoms with Crippen molar-refractivity contribution < 1.29 is 0 Å². The van der Waals surface area contributed by atoms with Crippen molar-refractivity contribution in [1.82, 2.24) is 14.5 Å².